The normalized spacial score (nSPS) is 20.7. The van der Waals surface area contributed by atoms with Crippen LogP contribution in [0.25, 0.3) is 0 Å². The van der Waals surface area contributed by atoms with Gasteiger partial charge in [-0.2, -0.15) is 0 Å². The lowest BCUT2D eigenvalue weighted by molar-refractivity contribution is 0.00578. The Morgan fingerprint density at radius 3 is 2.22 bits per heavy atom. The first-order valence-corrected chi connectivity index (χ1v) is 5.92. The standard InChI is InChI=1S/C14H17BO3/c1-6-10-9-11(16)7-8-12(10)15-17-13(2,3)14(4,5)18-15/h1,7-9,16H,2-5H3. The molecule has 1 heterocycles. The van der Waals surface area contributed by atoms with E-state index in [1.165, 1.54) is 0 Å². The van der Waals surface area contributed by atoms with Gasteiger partial charge in [0, 0.05) is 5.56 Å². The Bertz CT molecular complexity index is 498. The zero-order valence-corrected chi connectivity index (χ0v) is 11.2. The minimum absolute atomic E-state index is 0.142. The molecular weight excluding hydrogens is 227 g/mol. The Morgan fingerprint density at radius 1 is 1.17 bits per heavy atom. The Labute approximate surface area is 108 Å². The molecule has 0 unspecified atom stereocenters. The first-order chi connectivity index (χ1) is 8.27. The molecule has 2 rings (SSSR count). The van der Waals surface area contributed by atoms with Gasteiger partial charge in [-0.05, 0) is 45.3 Å². The molecule has 0 saturated carbocycles. The van der Waals surface area contributed by atoms with E-state index >= 15 is 0 Å². The summed E-state index contributed by atoms with van der Waals surface area (Å²) in [5.41, 5.74) is 0.561. The second-order valence-corrected chi connectivity index (χ2v) is 5.50. The van der Waals surface area contributed by atoms with Gasteiger partial charge in [0.15, 0.2) is 0 Å². The molecule has 1 aliphatic rings. The maximum atomic E-state index is 9.44. The van der Waals surface area contributed by atoms with Gasteiger partial charge in [-0.25, -0.2) is 0 Å². The molecule has 94 valence electrons. The summed E-state index contributed by atoms with van der Waals surface area (Å²) in [5, 5.41) is 9.44. The molecule has 0 aromatic heterocycles. The van der Waals surface area contributed by atoms with Crippen LogP contribution in [0.1, 0.15) is 33.3 Å². The smallest absolute Gasteiger partial charge is 0.496 e. The molecular formula is C14H17BO3. The van der Waals surface area contributed by atoms with E-state index < -0.39 is 18.3 Å². The predicted molar refractivity (Wildman–Crippen MR) is 71.8 cm³/mol. The third-order valence-corrected chi connectivity index (χ3v) is 3.70. The Morgan fingerprint density at radius 2 is 1.72 bits per heavy atom. The van der Waals surface area contributed by atoms with Gasteiger partial charge in [0.05, 0.1) is 11.2 Å². The van der Waals surface area contributed by atoms with E-state index in [0.29, 0.717) is 5.56 Å². The highest BCUT2D eigenvalue weighted by molar-refractivity contribution is 6.62. The van der Waals surface area contributed by atoms with Crippen molar-refractivity contribution in [3.63, 3.8) is 0 Å². The van der Waals surface area contributed by atoms with Gasteiger partial charge in [-0.15, -0.1) is 6.42 Å². The van der Waals surface area contributed by atoms with Crippen molar-refractivity contribution in [2.45, 2.75) is 38.9 Å². The molecule has 1 aromatic rings. The van der Waals surface area contributed by atoms with Crippen LogP contribution in [-0.4, -0.2) is 23.4 Å². The fourth-order valence-electron chi connectivity index (χ4n) is 1.84. The van der Waals surface area contributed by atoms with E-state index in [0.717, 1.165) is 5.46 Å². The summed E-state index contributed by atoms with van der Waals surface area (Å²) in [4.78, 5) is 0. The summed E-state index contributed by atoms with van der Waals surface area (Å²) in [5.74, 6) is 2.69. The minimum Gasteiger partial charge on any atom is -0.508 e. The molecule has 4 heteroatoms. The quantitative estimate of drug-likeness (QED) is 0.603. The molecule has 0 bridgehead atoms. The molecule has 1 saturated heterocycles. The molecule has 3 nitrogen and oxygen atoms in total. The molecule has 1 fully saturated rings. The highest BCUT2D eigenvalue weighted by Crippen LogP contribution is 2.36. The van der Waals surface area contributed by atoms with Crippen molar-refractivity contribution in [3.8, 4) is 18.1 Å². The Hall–Kier alpha value is -1.44. The lowest BCUT2D eigenvalue weighted by atomic mass is 9.76. The van der Waals surface area contributed by atoms with Crippen molar-refractivity contribution >= 4 is 12.6 Å². The maximum Gasteiger partial charge on any atom is 0.496 e. The molecule has 18 heavy (non-hydrogen) atoms. The summed E-state index contributed by atoms with van der Waals surface area (Å²) in [6.07, 6.45) is 5.45. The SMILES string of the molecule is C#Cc1cc(O)ccc1B1OC(C)(C)C(C)(C)O1. The molecule has 1 aliphatic heterocycles. The molecule has 1 aromatic carbocycles. The van der Waals surface area contributed by atoms with Crippen molar-refractivity contribution < 1.29 is 14.4 Å². The van der Waals surface area contributed by atoms with E-state index in [1.54, 1.807) is 18.2 Å². The third kappa shape index (κ3) is 2.00. The zero-order valence-electron chi connectivity index (χ0n) is 11.2. The number of rotatable bonds is 1. The van der Waals surface area contributed by atoms with E-state index in [2.05, 4.69) is 5.92 Å². The lowest BCUT2D eigenvalue weighted by Crippen LogP contribution is -2.41. The second kappa shape index (κ2) is 4.05. The van der Waals surface area contributed by atoms with Crippen LogP contribution in [0.5, 0.6) is 5.75 Å². The van der Waals surface area contributed by atoms with Crippen molar-refractivity contribution in [2.24, 2.45) is 0 Å². The summed E-state index contributed by atoms with van der Waals surface area (Å²) < 4.78 is 11.9. The van der Waals surface area contributed by atoms with Crippen LogP contribution >= 0.6 is 0 Å². The van der Waals surface area contributed by atoms with Gasteiger partial charge >= 0.3 is 7.12 Å². The number of phenolic OH excluding ortho intramolecular Hbond substituents is 1. The fourth-order valence-corrected chi connectivity index (χ4v) is 1.84. The fraction of sp³-hybridized carbons (Fsp3) is 0.429. The van der Waals surface area contributed by atoms with Crippen molar-refractivity contribution in [1.29, 1.82) is 0 Å². The van der Waals surface area contributed by atoms with Crippen LogP contribution in [-0.2, 0) is 9.31 Å². The van der Waals surface area contributed by atoms with Crippen molar-refractivity contribution in [2.75, 3.05) is 0 Å². The molecule has 1 N–H and O–H groups in total. The number of phenols is 1. The van der Waals surface area contributed by atoms with Crippen LogP contribution in [0.3, 0.4) is 0 Å². The van der Waals surface area contributed by atoms with Crippen LogP contribution in [0.2, 0.25) is 0 Å². The summed E-state index contributed by atoms with van der Waals surface area (Å²) >= 11 is 0. The highest BCUT2D eigenvalue weighted by Gasteiger charge is 2.52. The van der Waals surface area contributed by atoms with Crippen LogP contribution in [0, 0.1) is 12.3 Å². The average molecular weight is 244 g/mol. The predicted octanol–water partition coefficient (Wildman–Crippen LogP) is 1.67. The summed E-state index contributed by atoms with van der Waals surface area (Å²) in [6, 6.07) is 4.87. The number of hydrogen-bond acceptors (Lipinski definition) is 3. The topological polar surface area (TPSA) is 38.7 Å². The largest absolute Gasteiger partial charge is 0.508 e. The number of hydrogen-bond donors (Lipinski definition) is 1. The van der Waals surface area contributed by atoms with Gasteiger partial charge in [-0.3, -0.25) is 0 Å². The van der Waals surface area contributed by atoms with Crippen molar-refractivity contribution in [1.82, 2.24) is 0 Å². The maximum absolute atomic E-state index is 9.44. The van der Waals surface area contributed by atoms with Gasteiger partial charge in [-0.1, -0.05) is 12.0 Å². The number of aromatic hydroxyl groups is 1. The summed E-state index contributed by atoms with van der Waals surface area (Å²) in [6.45, 7) is 7.96. The van der Waals surface area contributed by atoms with Gasteiger partial charge < -0.3 is 14.4 Å². The molecule has 0 atom stereocenters. The van der Waals surface area contributed by atoms with E-state index in [9.17, 15) is 5.11 Å². The first kappa shape index (κ1) is 13.0. The van der Waals surface area contributed by atoms with E-state index in [4.69, 9.17) is 15.7 Å². The number of benzene rings is 1. The molecule has 0 amide bonds. The average Bonchev–Trinajstić information content (AvgIpc) is 2.47. The van der Waals surface area contributed by atoms with Gasteiger partial charge in [0.2, 0.25) is 0 Å². The lowest BCUT2D eigenvalue weighted by Gasteiger charge is -2.32. The molecule has 0 aliphatic carbocycles. The number of terminal acetylenes is 1. The third-order valence-electron chi connectivity index (χ3n) is 3.70. The Kier molecular flexibility index (Phi) is 2.92. The zero-order chi connectivity index (χ0) is 13.6. The van der Waals surface area contributed by atoms with Crippen molar-refractivity contribution in [3.05, 3.63) is 23.8 Å². The Balaban J connectivity index is 2.39. The molecule has 0 radical (unpaired) electrons. The van der Waals surface area contributed by atoms with Crippen LogP contribution in [0.15, 0.2) is 18.2 Å². The minimum atomic E-state index is -0.498. The van der Waals surface area contributed by atoms with Gasteiger partial charge in [0.25, 0.3) is 0 Å². The van der Waals surface area contributed by atoms with E-state index in [1.807, 2.05) is 27.7 Å². The first-order valence-electron chi connectivity index (χ1n) is 5.92. The van der Waals surface area contributed by atoms with Gasteiger partial charge in [0.1, 0.15) is 5.75 Å². The van der Waals surface area contributed by atoms with E-state index in [-0.39, 0.29) is 5.75 Å². The van der Waals surface area contributed by atoms with Crippen LogP contribution in [0.4, 0.5) is 0 Å². The highest BCUT2D eigenvalue weighted by atomic mass is 16.7. The summed E-state index contributed by atoms with van der Waals surface area (Å²) in [7, 11) is -0.498. The molecule has 0 spiro atoms. The van der Waals surface area contributed by atoms with Crippen LogP contribution < -0.4 is 5.46 Å². The monoisotopic (exact) mass is 244 g/mol. The second-order valence-electron chi connectivity index (χ2n) is 5.50.